The van der Waals surface area contributed by atoms with E-state index in [9.17, 15) is 0 Å². The van der Waals surface area contributed by atoms with Gasteiger partial charge in [0.15, 0.2) is 10.9 Å². The molecule has 0 aliphatic carbocycles. The van der Waals surface area contributed by atoms with Crippen LogP contribution in [0.5, 0.6) is 11.5 Å². The number of rotatable bonds is 4. The summed E-state index contributed by atoms with van der Waals surface area (Å²) in [7, 11) is 0. The zero-order chi connectivity index (χ0) is 15.2. The van der Waals surface area contributed by atoms with Crippen molar-refractivity contribution in [3.05, 3.63) is 53.1 Å². The van der Waals surface area contributed by atoms with Crippen molar-refractivity contribution in [2.24, 2.45) is 0 Å². The van der Waals surface area contributed by atoms with Gasteiger partial charge >= 0.3 is 0 Å². The van der Waals surface area contributed by atoms with E-state index in [4.69, 9.17) is 28.6 Å². The average molecular weight is 321 g/mol. The monoisotopic (exact) mass is 320 g/mol. The molecule has 0 aromatic heterocycles. The van der Waals surface area contributed by atoms with Gasteiger partial charge in [-0.3, -0.25) is 0 Å². The highest BCUT2D eigenvalue weighted by Gasteiger charge is 2.07. The van der Waals surface area contributed by atoms with E-state index in [-0.39, 0.29) is 0 Å². The summed E-state index contributed by atoms with van der Waals surface area (Å²) in [6, 6.07) is 13.2. The van der Waals surface area contributed by atoms with Crippen molar-refractivity contribution in [3.8, 4) is 11.5 Å². The lowest BCUT2D eigenvalue weighted by Gasteiger charge is -2.14. The van der Waals surface area contributed by atoms with Gasteiger partial charge in [0.1, 0.15) is 5.75 Å². The van der Waals surface area contributed by atoms with Crippen LogP contribution in [0.3, 0.4) is 0 Å². The molecule has 3 nitrogen and oxygen atoms in total. The number of aryl methyl sites for hydroxylation is 1. The predicted molar refractivity (Wildman–Crippen MR) is 92.6 cm³/mol. The second kappa shape index (κ2) is 7.29. The van der Waals surface area contributed by atoms with Crippen LogP contribution in [0.15, 0.2) is 42.5 Å². The molecule has 2 rings (SSSR count). The second-order valence-corrected chi connectivity index (χ2v) is 5.38. The van der Waals surface area contributed by atoms with Crippen LogP contribution in [0.1, 0.15) is 12.5 Å². The van der Waals surface area contributed by atoms with Crippen LogP contribution < -0.4 is 15.4 Å². The number of nitrogens with one attached hydrogen (secondary N) is 2. The standard InChI is InChI=1S/C16H17ClN2OS/c1-3-18-16(21)19-14-10-12(17)6-9-15(14)20-13-7-4-11(2)5-8-13/h4-10H,3H2,1-2H3,(H2,18,19,21). The molecule has 21 heavy (non-hydrogen) atoms. The molecule has 5 heteroatoms. The maximum Gasteiger partial charge on any atom is 0.170 e. The van der Waals surface area contributed by atoms with Crippen LogP contribution in [0.4, 0.5) is 5.69 Å². The molecule has 0 fully saturated rings. The number of hydrogen-bond acceptors (Lipinski definition) is 2. The third-order valence-corrected chi connectivity index (χ3v) is 3.26. The summed E-state index contributed by atoms with van der Waals surface area (Å²) < 4.78 is 5.89. The van der Waals surface area contributed by atoms with Gasteiger partial charge in [-0.05, 0) is 56.4 Å². The Morgan fingerprint density at radius 3 is 2.57 bits per heavy atom. The summed E-state index contributed by atoms with van der Waals surface area (Å²) in [4.78, 5) is 0. The molecule has 0 unspecified atom stereocenters. The zero-order valence-electron chi connectivity index (χ0n) is 11.9. The van der Waals surface area contributed by atoms with Crippen molar-refractivity contribution >= 4 is 34.6 Å². The van der Waals surface area contributed by atoms with E-state index >= 15 is 0 Å². The van der Waals surface area contributed by atoms with E-state index in [1.54, 1.807) is 12.1 Å². The lowest BCUT2D eigenvalue weighted by atomic mass is 10.2. The summed E-state index contributed by atoms with van der Waals surface area (Å²) in [5.74, 6) is 1.43. The predicted octanol–water partition coefficient (Wildman–Crippen LogP) is 4.75. The molecule has 0 saturated carbocycles. The molecular weight excluding hydrogens is 304 g/mol. The summed E-state index contributed by atoms with van der Waals surface area (Å²) in [6.07, 6.45) is 0. The summed E-state index contributed by atoms with van der Waals surface area (Å²) >= 11 is 11.2. The van der Waals surface area contributed by atoms with Crippen molar-refractivity contribution in [2.75, 3.05) is 11.9 Å². The maximum atomic E-state index is 6.04. The highest BCUT2D eigenvalue weighted by molar-refractivity contribution is 7.80. The van der Waals surface area contributed by atoms with E-state index in [1.165, 1.54) is 5.56 Å². The van der Waals surface area contributed by atoms with Crippen LogP contribution in [0, 0.1) is 6.92 Å². The van der Waals surface area contributed by atoms with E-state index < -0.39 is 0 Å². The molecule has 0 heterocycles. The Hall–Kier alpha value is -1.78. The maximum absolute atomic E-state index is 6.04. The number of thiocarbonyl (C=S) groups is 1. The van der Waals surface area contributed by atoms with Crippen molar-refractivity contribution in [1.82, 2.24) is 5.32 Å². The normalized spacial score (nSPS) is 10.0. The van der Waals surface area contributed by atoms with Gasteiger partial charge in [-0.15, -0.1) is 0 Å². The largest absolute Gasteiger partial charge is 0.455 e. The van der Waals surface area contributed by atoms with Gasteiger partial charge in [0.2, 0.25) is 0 Å². The fraction of sp³-hybridized carbons (Fsp3) is 0.188. The third kappa shape index (κ3) is 4.62. The average Bonchev–Trinajstić information content (AvgIpc) is 2.44. The zero-order valence-corrected chi connectivity index (χ0v) is 13.5. The lowest BCUT2D eigenvalue weighted by Crippen LogP contribution is -2.28. The summed E-state index contributed by atoms with van der Waals surface area (Å²) in [6.45, 7) is 4.77. The molecule has 110 valence electrons. The minimum atomic E-state index is 0.536. The molecule has 2 aromatic carbocycles. The van der Waals surface area contributed by atoms with E-state index in [2.05, 4.69) is 10.6 Å². The summed E-state index contributed by atoms with van der Waals surface area (Å²) in [5, 5.41) is 7.28. The third-order valence-electron chi connectivity index (χ3n) is 2.78. The number of halogens is 1. The molecule has 2 N–H and O–H groups in total. The lowest BCUT2D eigenvalue weighted by molar-refractivity contribution is 0.485. The number of hydrogen-bond donors (Lipinski definition) is 2. The Kier molecular flexibility index (Phi) is 5.42. The first kappa shape index (κ1) is 15.6. The first-order valence-corrected chi connectivity index (χ1v) is 7.46. The topological polar surface area (TPSA) is 33.3 Å². The Balaban J connectivity index is 2.21. The van der Waals surface area contributed by atoms with Gasteiger partial charge in [0, 0.05) is 11.6 Å². The van der Waals surface area contributed by atoms with Crippen molar-refractivity contribution in [3.63, 3.8) is 0 Å². The van der Waals surface area contributed by atoms with Crippen LogP contribution in [0.25, 0.3) is 0 Å². The van der Waals surface area contributed by atoms with Crippen LogP contribution in [-0.2, 0) is 0 Å². The van der Waals surface area contributed by atoms with Gasteiger partial charge in [-0.2, -0.15) is 0 Å². The highest BCUT2D eigenvalue weighted by Crippen LogP contribution is 2.32. The quantitative estimate of drug-likeness (QED) is 0.797. The smallest absolute Gasteiger partial charge is 0.170 e. The first-order valence-electron chi connectivity index (χ1n) is 6.67. The van der Waals surface area contributed by atoms with Crippen molar-refractivity contribution in [2.45, 2.75) is 13.8 Å². The molecule has 0 radical (unpaired) electrons. The first-order chi connectivity index (χ1) is 10.1. The molecule has 0 saturated heterocycles. The van der Waals surface area contributed by atoms with Gasteiger partial charge in [-0.1, -0.05) is 29.3 Å². The molecule has 0 aliphatic heterocycles. The van der Waals surface area contributed by atoms with Gasteiger partial charge in [0.05, 0.1) is 5.69 Å². The molecule has 0 atom stereocenters. The Bertz CT molecular complexity index is 629. The molecule has 0 spiro atoms. The van der Waals surface area contributed by atoms with Gasteiger partial charge < -0.3 is 15.4 Å². The van der Waals surface area contributed by atoms with E-state index in [1.807, 2.05) is 44.2 Å². The minimum absolute atomic E-state index is 0.536. The van der Waals surface area contributed by atoms with Crippen LogP contribution in [0.2, 0.25) is 5.02 Å². The van der Waals surface area contributed by atoms with Gasteiger partial charge in [0.25, 0.3) is 0 Å². The van der Waals surface area contributed by atoms with Gasteiger partial charge in [-0.25, -0.2) is 0 Å². The second-order valence-electron chi connectivity index (χ2n) is 4.54. The van der Waals surface area contributed by atoms with Crippen LogP contribution >= 0.6 is 23.8 Å². The van der Waals surface area contributed by atoms with Crippen molar-refractivity contribution in [1.29, 1.82) is 0 Å². The molecular formula is C16H17ClN2OS. The summed E-state index contributed by atoms with van der Waals surface area (Å²) in [5.41, 5.74) is 1.92. The fourth-order valence-corrected chi connectivity index (χ4v) is 2.18. The molecule has 0 aliphatic rings. The van der Waals surface area contributed by atoms with E-state index in [0.717, 1.165) is 18.0 Å². The number of benzene rings is 2. The van der Waals surface area contributed by atoms with Crippen LogP contribution in [-0.4, -0.2) is 11.7 Å². The number of anilines is 1. The molecule has 0 amide bonds. The highest BCUT2D eigenvalue weighted by atomic mass is 35.5. The Morgan fingerprint density at radius 1 is 1.19 bits per heavy atom. The number of ether oxygens (including phenoxy) is 1. The Labute approximate surface area is 135 Å². The van der Waals surface area contributed by atoms with Crippen molar-refractivity contribution < 1.29 is 4.74 Å². The Morgan fingerprint density at radius 2 is 1.90 bits per heavy atom. The molecule has 0 bridgehead atoms. The molecule has 2 aromatic rings. The van der Waals surface area contributed by atoms with E-state index in [0.29, 0.717) is 15.9 Å². The fourth-order valence-electron chi connectivity index (χ4n) is 1.75. The minimum Gasteiger partial charge on any atom is -0.455 e. The SMILES string of the molecule is CCNC(=S)Nc1cc(Cl)ccc1Oc1ccc(C)cc1.